The molecule has 0 aliphatic heterocycles. The number of rotatable bonds is 4. The molecule has 0 aliphatic carbocycles. The molecule has 2 aromatic heterocycles. The van der Waals surface area contributed by atoms with Crippen LogP contribution in [0.2, 0.25) is 0 Å². The maximum absolute atomic E-state index is 13.3. The van der Waals surface area contributed by atoms with E-state index in [9.17, 15) is 13.2 Å². The number of imidazole rings is 1. The van der Waals surface area contributed by atoms with Gasteiger partial charge in [-0.15, -0.1) is 0 Å². The molecular weight excluding hydrogens is 317 g/mol. The van der Waals surface area contributed by atoms with Crippen LogP contribution < -0.4 is 0 Å². The highest BCUT2D eigenvalue weighted by Crippen LogP contribution is 2.32. The van der Waals surface area contributed by atoms with Gasteiger partial charge in [-0.25, -0.2) is 9.97 Å². The van der Waals surface area contributed by atoms with E-state index in [2.05, 4.69) is 9.97 Å². The van der Waals surface area contributed by atoms with Gasteiger partial charge in [0.1, 0.15) is 5.82 Å². The zero-order chi connectivity index (χ0) is 17.3. The molecule has 4 nitrogen and oxygen atoms in total. The monoisotopic (exact) mass is 334 g/mol. The molecule has 0 unspecified atom stereocenters. The molecule has 0 amide bonds. The molecule has 0 aliphatic rings. The van der Waals surface area contributed by atoms with Crippen molar-refractivity contribution in [1.29, 1.82) is 0 Å². The third-order valence-electron chi connectivity index (χ3n) is 3.71. The zero-order valence-electron chi connectivity index (χ0n) is 13.4. The van der Waals surface area contributed by atoms with Gasteiger partial charge in [-0.1, -0.05) is 18.2 Å². The molecule has 24 heavy (non-hydrogen) atoms. The number of fused-ring (bicyclic) bond motifs is 1. The molecule has 126 valence electrons. The van der Waals surface area contributed by atoms with E-state index >= 15 is 0 Å². The van der Waals surface area contributed by atoms with Crippen molar-refractivity contribution in [1.82, 2.24) is 19.4 Å². The van der Waals surface area contributed by atoms with Crippen LogP contribution in [-0.2, 0) is 19.3 Å². The van der Waals surface area contributed by atoms with E-state index in [-0.39, 0.29) is 12.1 Å². The number of benzene rings is 1. The Labute approximate surface area is 137 Å². The third kappa shape index (κ3) is 3.26. The lowest BCUT2D eigenvalue weighted by molar-refractivity contribution is -0.138. The van der Waals surface area contributed by atoms with Gasteiger partial charge in [0.25, 0.3) is 0 Å². The van der Waals surface area contributed by atoms with Crippen molar-refractivity contribution in [3.05, 3.63) is 59.5 Å². The van der Waals surface area contributed by atoms with Gasteiger partial charge in [0, 0.05) is 6.20 Å². The minimum absolute atomic E-state index is 0.0983. The van der Waals surface area contributed by atoms with Crippen molar-refractivity contribution >= 4 is 11.2 Å². The van der Waals surface area contributed by atoms with E-state index < -0.39 is 11.7 Å². The first-order chi connectivity index (χ1) is 11.4. The number of alkyl halides is 3. The molecule has 1 aromatic carbocycles. The first-order valence-corrected chi connectivity index (χ1v) is 7.46. The van der Waals surface area contributed by atoms with E-state index in [4.69, 9.17) is 0 Å². The normalized spacial score (nSPS) is 12.2. The Balaban J connectivity index is 2.10. The van der Waals surface area contributed by atoms with Gasteiger partial charge in [-0.2, -0.15) is 13.2 Å². The summed E-state index contributed by atoms with van der Waals surface area (Å²) in [5, 5.41) is 0. The second kappa shape index (κ2) is 6.24. The number of nitrogens with zero attached hydrogens (tertiary/aromatic N) is 4. The van der Waals surface area contributed by atoms with E-state index in [0.29, 0.717) is 18.0 Å². The topological polar surface area (TPSA) is 34.0 Å². The maximum atomic E-state index is 13.3. The quantitative estimate of drug-likeness (QED) is 0.732. The standard InChI is InChI=1S/C17H17F3N4/c1-23(2)11-15-22-16-14(8-5-9-21-16)24(15)10-12-6-3-4-7-13(12)17(18,19)20/h3-9H,10-11H2,1-2H3. The summed E-state index contributed by atoms with van der Waals surface area (Å²) >= 11 is 0. The van der Waals surface area contributed by atoms with Crippen LogP contribution in [0, 0.1) is 0 Å². The number of halogens is 3. The van der Waals surface area contributed by atoms with Crippen LogP contribution in [0.1, 0.15) is 17.0 Å². The summed E-state index contributed by atoms with van der Waals surface area (Å²) < 4.78 is 41.6. The maximum Gasteiger partial charge on any atom is 0.416 e. The fourth-order valence-corrected chi connectivity index (χ4v) is 2.69. The fourth-order valence-electron chi connectivity index (χ4n) is 2.69. The lowest BCUT2D eigenvalue weighted by Gasteiger charge is -2.16. The molecule has 3 rings (SSSR count). The van der Waals surface area contributed by atoms with Crippen molar-refractivity contribution in [2.24, 2.45) is 0 Å². The molecule has 0 saturated heterocycles. The largest absolute Gasteiger partial charge is 0.416 e. The molecule has 0 spiro atoms. The number of pyridine rings is 1. The predicted octanol–water partition coefficient (Wildman–Crippen LogP) is 3.56. The van der Waals surface area contributed by atoms with Crippen molar-refractivity contribution < 1.29 is 13.2 Å². The second-order valence-corrected chi connectivity index (χ2v) is 5.85. The van der Waals surface area contributed by atoms with E-state index in [1.54, 1.807) is 22.9 Å². The average Bonchev–Trinajstić information content (AvgIpc) is 2.84. The molecular formula is C17H17F3N4. The Kier molecular flexibility index (Phi) is 4.28. The van der Waals surface area contributed by atoms with Crippen LogP contribution >= 0.6 is 0 Å². The lowest BCUT2D eigenvalue weighted by atomic mass is 10.1. The first kappa shape index (κ1) is 16.4. The Morgan fingerprint density at radius 2 is 1.83 bits per heavy atom. The number of aromatic nitrogens is 3. The molecule has 0 N–H and O–H groups in total. The molecule has 3 aromatic rings. The van der Waals surface area contributed by atoms with E-state index in [1.807, 2.05) is 25.1 Å². The van der Waals surface area contributed by atoms with Crippen molar-refractivity contribution in [2.45, 2.75) is 19.3 Å². The predicted molar refractivity (Wildman–Crippen MR) is 85.5 cm³/mol. The van der Waals surface area contributed by atoms with Crippen molar-refractivity contribution in [2.75, 3.05) is 14.1 Å². The van der Waals surface area contributed by atoms with E-state index in [0.717, 1.165) is 11.6 Å². The Morgan fingerprint density at radius 1 is 1.08 bits per heavy atom. The van der Waals surface area contributed by atoms with Crippen LogP contribution in [0.3, 0.4) is 0 Å². The summed E-state index contributed by atoms with van der Waals surface area (Å²) in [6, 6.07) is 9.22. The van der Waals surface area contributed by atoms with Gasteiger partial charge in [0.15, 0.2) is 5.65 Å². The fraction of sp³-hybridized carbons (Fsp3) is 0.294. The summed E-state index contributed by atoms with van der Waals surface area (Å²) in [5.74, 6) is 0.686. The Morgan fingerprint density at radius 3 is 2.54 bits per heavy atom. The van der Waals surface area contributed by atoms with Gasteiger partial charge in [0.05, 0.1) is 24.2 Å². The molecule has 0 radical (unpaired) electrons. The van der Waals surface area contributed by atoms with Gasteiger partial charge in [0.2, 0.25) is 0 Å². The molecule has 2 heterocycles. The van der Waals surface area contributed by atoms with Crippen LogP contribution in [0.4, 0.5) is 13.2 Å². The second-order valence-electron chi connectivity index (χ2n) is 5.85. The Bertz CT molecular complexity index is 852. The molecule has 0 atom stereocenters. The highest BCUT2D eigenvalue weighted by atomic mass is 19.4. The third-order valence-corrected chi connectivity index (χ3v) is 3.71. The number of hydrogen-bond acceptors (Lipinski definition) is 3. The van der Waals surface area contributed by atoms with Gasteiger partial charge >= 0.3 is 6.18 Å². The molecule has 0 saturated carbocycles. The minimum Gasteiger partial charge on any atom is -0.321 e. The summed E-state index contributed by atoms with van der Waals surface area (Å²) in [6.45, 7) is 0.617. The summed E-state index contributed by atoms with van der Waals surface area (Å²) in [5.41, 5.74) is 0.866. The van der Waals surface area contributed by atoms with E-state index in [1.165, 1.54) is 12.1 Å². The van der Waals surface area contributed by atoms with Crippen molar-refractivity contribution in [3.63, 3.8) is 0 Å². The van der Waals surface area contributed by atoms with Crippen LogP contribution in [0.15, 0.2) is 42.6 Å². The Hall–Kier alpha value is -2.41. The summed E-state index contributed by atoms with van der Waals surface area (Å²) in [4.78, 5) is 10.6. The van der Waals surface area contributed by atoms with Gasteiger partial charge in [-0.3, -0.25) is 0 Å². The van der Waals surface area contributed by atoms with Crippen LogP contribution in [0.25, 0.3) is 11.2 Å². The highest BCUT2D eigenvalue weighted by Gasteiger charge is 2.33. The van der Waals surface area contributed by atoms with Crippen molar-refractivity contribution in [3.8, 4) is 0 Å². The first-order valence-electron chi connectivity index (χ1n) is 7.46. The minimum atomic E-state index is -4.38. The highest BCUT2D eigenvalue weighted by molar-refractivity contribution is 5.71. The SMILES string of the molecule is CN(C)Cc1nc2ncccc2n1Cc1ccccc1C(F)(F)F. The van der Waals surface area contributed by atoms with Crippen LogP contribution in [-0.4, -0.2) is 33.5 Å². The zero-order valence-corrected chi connectivity index (χ0v) is 13.4. The molecule has 0 fully saturated rings. The summed E-state index contributed by atoms with van der Waals surface area (Å²) in [7, 11) is 3.78. The summed E-state index contributed by atoms with van der Waals surface area (Å²) in [6.07, 6.45) is -2.75. The van der Waals surface area contributed by atoms with Gasteiger partial charge < -0.3 is 9.47 Å². The van der Waals surface area contributed by atoms with Gasteiger partial charge in [-0.05, 0) is 37.9 Å². The number of hydrogen-bond donors (Lipinski definition) is 0. The van der Waals surface area contributed by atoms with Crippen LogP contribution in [0.5, 0.6) is 0 Å². The average molecular weight is 334 g/mol. The molecule has 0 bridgehead atoms. The smallest absolute Gasteiger partial charge is 0.321 e. The molecule has 7 heteroatoms. The lowest BCUT2D eigenvalue weighted by Crippen LogP contribution is -2.17.